The Morgan fingerprint density at radius 1 is 0.714 bits per heavy atom. The molecule has 0 radical (unpaired) electrons. The molecule has 0 nitrogen and oxygen atoms in total. The molecule has 14 heavy (non-hydrogen) atoms. The Hall–Kier alpha value is 0.730. The minimum absolute atomic E-state index is 0.656. The standard InChI is InChI=1S/C13H23I/c1-12(8-4-2-5-9-12)13(14)10-6-3-7-11-13/h2-11H2,1H3. The molecule has 0 heterocycles. The Labute approximate surface area is 102 Å². The van der Waals surface area contributed by atoms with Gasteiger partial charge in [0.25, 0.3) is 0 Å². The smallest absolute Gasteiger partial charge is 0.0276 e. The Morgan fingerprint density at radius 2 is 1.14 bits per heavy atom. The molecule has 1 heteroatoms. The Bertz CT molecular complexity index is 163. The maximum Gasteiger partial charge on any atom is 0.0276 e. The fourth-order valence-corrected chi connectivity index (χ4v) is 4.80. The molecule has 0 aliphatic heterocycles. The average Bonchev–Trinajstić information content (AvgIpc) is 2.20. The highest BCUT2D eigenvalue weighted by atomic mass is 127. The third-order valence-electron chi connectivity index (χ3n) is 4.68. The maximum absolute atomic E-state index is 2.83. The largest absolute Gasteiger partial charge is 0.0783 e. The van der Waals surface area contributed by atoms with E-state index >= 15 is 0 Å². The van der Waals surface area contributed by atoms with Gasteiger partial charge in [-0.25, -0.2) is 0 Å². The van der Waals surface area contributed by atoms with Crippen molar-refractivity contribution >= 4 is 22.6 Å². The number of hydrogen-bond donors (Lipinski definition) is 0. The summed E-state index contributed by atoms with van der Waals surface area (Å²) in [5.41, 5.74) is 0.673. The van der Waals surface area contributed by atoms with E-state index in [2.05, 4.69) is 29.5 Å². The first-order valence-corrected chi connectivity index (χ1v) is 7.43. The van der Waals surface area contributed by atoms with Crippen molar-refractivity contribution in [2.45, 2.75) is 74.6 Å². The Balaban J connectivity index is 2.09. The predicted molar refractivity (Wildman–Crippen MR) is 71.0 cm³/mol. The summed E-state index contributed by atoms with van der Waals surface area (Å²) in [5.74, 6) is 0. The molecule has 2 fully saturated rings. The van der Waals surface area contributed by atoms with Crippen molar-refractivity contribution < 1.29 is 0 Å². The van der Waals surface area contributed by atoms with Crippen molar-refractivity contribution in [3.63, 3.8) is 0 Å². The maximum atomic E-state index is 2.83. The van der Waals surface area contributed by atoms with E-state index in [1.807, 2.05) is 0 Å². The first-order chi connectivity index (χ1) is 6.66. The van der Waals surface area contributed by atoms with Crippen LogP contribution in [0.4, 0.5) is 0 Å². The van der Waals surface area contributed by atoms with E-state index in [1.165, 1.54) is 64.2 Å². The fourth-order valence-electron chi connectivity index (χ4n) is 3.50. The second kappa shape index (κ2) is 4.31. The molecule has 0 amide bonds. The van der Waals surface area contributed by atoms with Gasteiger partial charge in [-0.1, -0.05) is 68.0 Å². The lowest BCUT2D eigenvalue weighted by Crippen LogP contribution is -2.43. The van der Waals surface area contributed by atoms with Crippen LogP contribution in [0.1, 0.15) is 71.1 Å². The zero-order chi connectivity index (χ0) is 10.1. The summed E-state index contributed by atoms with van der Waals surface area (Å²) >= 11 is 2.83. The molecule has 82 valence electrons. The SMILES string of the molecule is CC1(C2(I)CCCCC2)CCCCC1. The summed E-state index contributed by atoms with van der Waals surface area (Å²) in [4.78, 5) is 0. The minimum Gasteiger partial charge on any atom is -0.0783 e. The molecule has 0 bridgehead atoms. The van der Waals surface area contributed by atoms with E-state index in [0.29, 0.717) is 8.84 Å². The molecule has 0 saturated heterocycles. The van der Waals surface area contributed by atoms with Gasteiger partial charge in [-0.05, 0) is 31.1 Å². The van der Waals surface area contributed by atoms with Crippen LogP contribution in [-0.4, -0.2) is 3.42 Å². The van der Waals surface area contributed by atoms with Crippen LogP contribution < -0.4 is 0 Å². The van der Waals surface area contributed by atoms with Crippen LogP contribution in [0.3, 0.4) is 0 Å². The summed E-state index contributed by atoms with van der Waals surface area (Å²) in [5, 5.41) is 0. The molecule has 2 rings (SSSR count). The van der Waals surface area contributed by atoms with Crippen molar-refractivity contribution in [3.05, 3.63) is 0 Å². The molecule has 0 atom stereocenters. The van der Waals surface area contributed by atoms with Gasteiger partial charge in [-0.15, -0.1) is 0 Å². The van der Waals surface area contributed by atoms with Crippen molar-refractivity contribution in [3.8, 4) is 0 Å². The predicted octanol–water partition coefficient (Wildman–Crippen LogP) is 5.09. The van der Waals surface area contributed by atoms with Crippen molar-refractivity contribution in [1.29, 1.82) is 0 Å². The number of alkyl halides is 1. The van der Waals surface area contributed by atoms with Crippen LogP contribution in [-0.2, 0) is 0 Å². The zero-order valence-electron chi connectivity index (χ0n) is 9.45. The minimum atomic E-state index is 0.656. The zero-order valence-corrected chi connectivity index (χ0v) is 11.6. The molecule has 0 aromatic carbocycles. The van der Waals surface area contributed by atoms with Gasteiger partial charge in [-0.3, -0.25) is 0 Å². The molecule has 0 aromatic heterocycles. The van der Waals surface area contributed by atoms with Gasteiger partial charge in [0.05, 0.1) is 0 Å². The van der Waals surface area contributed by atoms with Crippen LogP contribution in [0.25, 0.3) is 0 Å². The summed E-state index contributed by atoms with van der Waals surface area (Å²) in [6, 6.07) is 0. The summed E-state index contributed by atoms with van der Waals surface area (Å²) in [6.07, 6.45) is 14.9. The molecule has 2 saturated carbocycles. The second-order valence-corrected chi connectivity index (χ2v) is 7.71. The second-order valence-electron chi connectivity index (χ2n) is 5.65. The normalized spacial score (nSPS) is 31.3. The van der Waals surface area contributed by atoms with E-state index in [9.17, 15) is 0 Å². The van der Waals surface area contributed by atoms with Gasteiger partial charge in [0, 0.05) is 3.42 Å². The summed E-state index contributed by atoms with van der Waals surface area (Å²) < 4.78 is 0.656. The van der Waals surface area contributed by atoms with E-state index in [1.54, 1.807) is 0 Å². The Morgan fingerprint density at radius 3 is 1.64 bits per heavy atom. The number of hydrogen-bond acceptors (Lipinski definition) is 0. The average molecular weight is 306 g/mol. The fraction of sp³-hybridized carbons (Fsp3) is 1.00. The number of halogens is 1. The molecular formula is C13H23I. The Kier molecular flexibility index (Phi) is 3.45. The van der Waals surface area contributed by atoms with Crippen LogP contribution in [0.5, 0.6) is 0 Å². The topological polar surface area (TPSA) is 0 Å². The lowest BCUT2D eigenvalue weighted by Gasteiger charge is -2.49. The van der Waals surface area contributed by atoms with E-state index < -0.39 is 0 Å². The molecule has 0 unspecified atom stereocenters. The van der Waals surface area contributed by atoms with Crippen molar-refractivity contribution in [1.82, 2.24) is 0 Å². The monoisotopic (exact) mass is 306 g/mol. The van der Waals surface area contributed by atoms with Gasteiger partial charge in [0.15, 0.2) is 0 Å². The lowest BCUT2D eigenvalue weighted by atomic mass is 9.63. The molecule has 0 aromatic rings. The quantitative estimate of drug-likeness (QED) is 0.467. The first kappa shape index (κ1) is 11.2. The lowest BCUT2D eigenvalue weighted by molar-refractivity contribution is 0.127. The van der Waals surface area contributed by atoms with E-state index in [0.717, 1.165) is 0 Å². The number of rotatable bonds is 1. The summed E-state index contributed by atoms with van der Waals surface area (Å²) in [7, 11) is 0. The summed E-state index contributed by atoms with van der Waals surface area (Å²) in [6.45, 7) is 2.57. The van der Waals surface area contributed by atoms with E-state index in [-0.39, 0.29) is 0 Å². The van der Waals surface area contributed by atoms with Crippen LogP contribution in [0.15, 0.2) is 0 Å². The van der Waals surface area contributed by atoms with Crippen molar-refractivity contribution in [2.24, 2.45) is 5.41 Å². The van der Waals surface area contributed by atoms with Crippen LogP contribution in [0, 0.1) is 5.41 Å². The van der Waals surface area contributed by atoms with Gasteiger partial charge in [0.2, 0.25) is 0 Å². The van der Waals surface area contributed by atoms with Gasteiger partial charge in [0.1, 0.15) is 0 Å². The first-order valence-electron chi connectivity index (χ1n) is 6.35. The van der Waals surface area contributed by atoms with Crippen LogP contribution >= 0.6 is 22.6 Å². The van der Waals surface area contributed by atoms with Crippen molar-refractivity contribution in [2.75, 3.05) is 0 Å². The highest BCUT2D eigenvalue weighted by molar-refractivity contribution is 14.1. The molecule has 0 spiro atoms. The van der Waals surface area contributed by atoms with E-state index in [4.69, 9.17) is 0 Å². The van der Waals surface area contributed by atoms with Gasteiger partial charge in [-0.2, -0.15) is 0 Å². The van der Waals surface area contributed by atoms with Gasteiger partial charge >= 0.3 is 0 Å². The molecular weight excluding hydrogens is 283 g/mol. The highest BCUT2D eigenvalue weighted by Gasteiger charge is 2.46. The third kappa shape index (κ3) is 1.98. The highest BCUT2D eigenvalue weighted by Crippen LogP contribution is 2.55. The molecule has 2 aliphatic rings. The molecule has 2 aliphatic carbocycles. The molecule has 0 N–H and O–H groups in total. The third-order valence-corrected chi connectivity index (χ3v) is 7.07. The van der Waals surface area contributed by atoms with Crippen LogP contribution in [0.2, 0.25) is 0 Å². The van der Waals surface area contributed by atoms with Gasteiger partial charge < -0.3 is 0 Å².